The number of carbonyl (C=O) groups is 1. The molecule has 0 saturated heterocycles. The zero-order valence-corrected chi connectivity index (χ0v) is 11.1. The Morgan fingerprint density at radius 1 is 1.65 bits per heavy atom. The second kappa shape index (κ2) is 4.37. The number of halogens is 1. The Balaban J connectivity index is 2.56. The predicted molar refractivity (Wildman–Crippen MR) is 67.8 cm³/mol. The summed E-state index contributed by atoms with van der Waals surface area (Å²) in [7, 11) is 1.34. The van der Waals surface area contributed by atoms with Crippen molar-refractivity contribution >= 4 is 33.4 Å². The second-order valence-corrected chi connectivity index (χ2v) is 4.65. The molecule has 0 bridgehead atoms. The fraction of sp³-hybridized carbons (Fsp3) is 0.273. The van der Waals surface area contributed by atoms with Crippen LogP contribution in [0.1, 0.15) is 11.3 Å². The summed E-state index contributed by atoms with van der Waals surface area (Å²) < 4.78 is 7.28. The highest BCUT2D eigenvalue weighted by molar-refractivity contribution is 9.10. The van der Waals surface area contributed by atoms with Crippen molar-refractivity contribution in [2.24, 2.45) is 0 Å². The summed E-state index contributed by atoms with van der Waals surface area (Å²) in [5.41, 5.74) is 8.23. The van der Waals surface area contributed by atoms with Crippen molar-refractivity contribution in [3.63, 3.8) is 0 Å². The maximum atomic E-state index is 11.2. The Kier molecular flexibility index (Phi) is 3.06. The van der Waals surface area contributed by atoms with Gasteiger partial charge in [-0.1, -0.05) is 0 Å². The number of rotatable bonds is 2. The van der Waals surface area contributed by atoms with Crippen LogP contribution >= 0.6 is 15.9 Å². The first-order valence-electron chi connectivity index (χ1n) is 5.02. The molecule has 0 aliphatic rings. The number of carbonyl (C=O) groups excluding carboxylic acids is 1. The fourth-order valence-electron chi connectivity index (χ4n) is 1.67. The normalized spacial score (nSPS) is 10.8. The number of aromatic nitrogens is 2. The van der Waals surface area contributed by atoms with E-state index in [4.69, 9.17) is 5.73 Å². The van der Waals surface area contributed by atoms with E-state index in [9.17, 15) is 4.79 Å². The highest BCUT2D eigenvalue weighted by Gasteiger charge is 2.14. The summed E-state index contributed by atoms with van der Waals surface area (Å²) in [6, 6.07) is 1.95. The van der Waals surface area contributed by atoms with Crippen molar-refractivity contribution in [1.29, 1.82) is 0 Å². The number of hydrogen-bond acceptors (Lipinski definition) is 4. The van der Waals surface area contributed by atoms with Crippen LogP contribution in [0.25, 0.3) is 5.65 Å². The minimum Gasteiger partial charge on any atom is -0.469 e. The zero-order chi connectivity index (χ0) is 12.6. The molecular formula is C11H12BrN3O2. The molecule has 5 nitrogen and oxygen atoms in total. The van der Waals surface area contributed by atoms with Gasteiger partial charge in [-0.05, 0) is 34.5 Å². The number of methoxy groups -OCH3 is 1. The van der Waals surface area contributed by atoms with Crippen molar-refractivity contribution in [1.82, 2.24) is 9.38 Å². The van der Waals surface area contributed by atoms with E-state index < -0.39 is 0 Å². The highest BCUT2D eigenvalue weighted by Crippen LogP contribution is 2.22. The topological polar surface area (TPSA) is 69.6 Å². The number of hydrogen-bond donors (Lipinski definition) is 1. The molecular weight excluding hydrogens is 286 g/mol. The number of aryl methyl sites for hydroxylation is 1. The Hall–Kier alpha value is -1.56. The van der Waals surface area contributed by atoms with Crippen LogP contribution in [0.4, 0.5) is 5.82 Å². The van der Waals surface area contributed by atoms with Gasteiger partial charge in [-0.15, -0.1) is 0 Å². The van der Waals surface area contributed by atoms with Crippen molar-refractivity contribution < 1.29 is 9.53 Å². The van der Waals surface area contributed by atoms with Crippen LogP contribution in [-0.2, 0) is 16.0 Å². The molecule has 0 aromatic carbocycles. The lowest BCUT2D eigenvalue weighted by Gasteiger charge is -2.00. The number of nitrogen functional groups attached to an aromatic ring is 1. The molecule has 2 aromatic heterocycles. The molecule has 2 N–H and O–H groups in total. The molecule has 0 aliphatic heterocycles. The number of esters is 1. The standard InChI is InChI=1S/C11H12BrN3O2/c1-6-3-7(12)5-15-10(13)8(14-11(6)15)4-9(16)17-2/h3,5H,4,13H2,1-2H3. The number of nitrogens with zero attached hydrogens (tertiary/aromatic N) is 2. The van der Waals surface area contributed by atoms with Gasteiger partial charge in [0.05, 0.1) is 19.2 Å². The molecule has 0 unspecified atom stereocenters. The molecule has 6 heteroatoms. The third kappa shape index (κ3) is 2.12. The summed E-state index contributed by atoms with van der Waals surface area (Å²) in [6.07, 6.45) is 1.91. The third-order valence-electron chi connectivity index (χ3n) is 2.52. The lowest BCUT2D eigenvalue weighted by molar-refractivity contribution is -0.139. The van der Waals surface area contributed by atoms with Crippen LogP contribution < -0.4 is 5.73 Å². The molecule has 0 saturated carbocycles. The molecule has 0 fully saturated rings. The highest BCUT2D eigenvalue weighted by atomic mass is 79.9. The van der Waals surface area contributed by atoms with E-state index in [1.165, 1.54) is 7.11 Å². The number of fused-ring (bicyclic) bond motifs is 1. The molecule has 17 heavy (non-hydrogen) atoms. The first kappa shape index (κ1) is 11.9. The largest absolute Gasteiger partial charge is 0.469 e. The summed E-state index contributed by atoms with van der Waals surface area (Å²) in [5.74, 6) is 0.117. The minimum atomic E-state index is -0.350. The number of anilines is 1. The van der Waals surface area contributed by atoms with Crippen molar-refractivity contribution in [2.45, 2.75) is 13.3 Å². The van der Waals surface area contributed by atoms with E-state index in [2.05, 4.69) is 25.7 Å². The van der Waals surface area contributed by atoms with E-state index in [0.717, 1.165) is 15.7 Å². The maximum absolute atomic E-state index is 11.2. The number of pyridine rings is 1. The first-order valence-corrected chi connectivity index (χ1v) is 5.81. The lowest BCUT2D eigenvalue weighted by Crippen LogP contribution is -2.07. The predicted octanol–water partition coefficient (Wildman–Crippen LogP) is 1.70. The van der Waals surface area contributed by atoms with Gasteiger partial charge in [-0.2, -0.15) is 0 Å². The van der Waals surface area contributed by atoms with Gasteiger partial charge < -0.3 is 10.5 Å². The van der Waals surface area contributed by atoms with Gasteiger partial charge >= 0.3 is 5.97 Å². The van der Waals surface area contributed by atoms with Gasteiger partial charge in [-0.25, -0.2) is 4.98 Å². The van der Waals surface area contributed by atoms with Gasteiger partial charge in [0.25, 0.3) is 0 Å². The van der Waals surface area contributed by atoms with Gasteiger partial charge in [0, 0.05) is 10.7 Å². The van der Waals surface area contributed by atoms with Gasteiger partial charge in [0.15, 0.2) is 0 Å². The summed E-state index contributed by atoms with van der Waals surface area (Å²) >= 11 is 3.40. The maximum Gasteiger partial charge on any atom is 0.311 e. The molecule has 2 aromatic rings. The van der Waals surface area contributed by atoms with E-state index in [1.807, 2.05) is 19.2 Å². The Morgan fingerprint density at radius 2 is 2.35 bits per heavy atom. The molecule has 2 rings (SSSR count). The monoisotopic (exact) mass is 297 g/mol. The average Bonchev–Trinajstić information content (AvgIpc) is 2.57. The SMILES string of the molecule is COC(=O)Cc1nc2c(C)cc(Br)cn2c1N. The summed E-state index contributed by atoms with van der Waals surface area (Å²) in [4.78, 5) is 15.6. The van der Waals surface area contributed by atoms with Crippen LogP contribution in [0.3, 0.4) is 0 Å². The van der Waals surface area contributed by atoms with Crippen LogP contribution in [0, 0.1) is 6.92 Å². The quantitative estimate of drug-likeness (QED) is 0.857. The third-order valence-corrected chi connectivity index (χ3v) is 2.96. The Morgan fingerprint density at radius 3 is 3.00 bits per heavy atom. The number of ether oxygens (including phenoxy) is 1. The second-order valence-electron chi connectivity index (χ2n) is 3.73. The summed E-state index contributed by atoms with van der Waals surface area (Å²) in [5, 5.41) is 0. The van der Waals surface area contributed by atoms with Crippen molar-refractivity contribution in [3.05, 3.63) is 28.0 Å². The molecule has 0 amide bonds. The molecule has 0 spiro atoms. The van der Waals surface area contributed by atoms with Crippen LogP contribution in [0.15, 0.2) is 16.7 Å². The molecule has 0 radical (unpaired) electrons. The van der Waals surface area contributed by atoms with Crippen LogP contribution in [-0.4, -0.2) is 22.5 Å². The first-order chi connectivity index (χ1) is 8.02. The van der Waals surface area contributed by atoms with E-state index in [1.54, 1.807) is 4.40 Å². The number of imidazole rings is 1. The average molecular weight is 298 g/mol. The van der Waals surface area contributed by atoms with E-state index in [0.29, 0.717) is 11.5 Å². The fourth-order valence-corrected chi connectivity index (χ4v) is 2.22. The molecule has 2 heterocycles. The van der Waals surface area contributed by atoms with Crippen LogP contribution in [0.5, 0.6) is 0 Å². The Bertz CT molecular complexity index is 592. The van der Waals surface area contributed by atoms with Gasteiger partial charge in [0.1, 0.15) is 11.5 Å². The minimum absolute atomic E-state index is 0.0844. The van der Waals surface area contributed by atoms with E-state index >= 15 is 0 Å². The molecule has 0 aliphatic carbocycles. The van der Waals surface area contributed by atoms with Crippen molar-refractivity contribution in [3.8, 4) is 0 Å². The lowest BCUT2D eigenvalue weighted by atomic mass is 10.3. The summed E-state index contributed by atoms with van der Waals surface area (Å²) in [6.45, 7) is 1.94. The van der Waals surface area contributed by atoms with Crippen LogP contribution in [0.2, 0.25) is 0 Å². The van der Waals surface area contributed by atoms with E-state index in [-0.39, 0.29) is 12.4 Å². The van der Waals surface area contributed by atoms with Gasteiger partial charge in [-0.3, -0.25) is 9.20 Å². The smallest absolute Gasteiger partial charge is 0.311 e. The molecule has 90 valence electrons. The number of nitrogens with two attached hydrogens (primary N) is 1. The van der Waals surface area contributed by atoms with Crippen molar-refractivity contribution in [2.75, 3.05) is 12.8 Å². The zero-order valence-electron chi connectivity index (χ0n) is 9.53. The Labute approximate surface area is 107 Å². The van der Waals surface area contributed by atoms with Gasteiger partial charge in [0.2, 0.25) is 0 Å². The molecule has 0 atom stereocenters.